The number of anilines is 1. The Morgan fingerprint density at radius 3 is 2.81 bits per heavy atom. The number of nitrogens with one attached hydrogen (secondary N) is 1. The minimum Gasteiger partial charge on any atom is -0.493 e. The van der Waals surface area contributed by atoms with Gasteiger partial charge in [0.2, 0.25) is 5.13 Å². The molecular weight excluding hydrogens is 438 g/mol. The van der Waals surface area contributed by atoms with E-state index < -0.39 is 0 Å². The lowest BCUT2D eigenvalue weighted by atomic mass is 10.2. The number of thiazole rings is 1. The summed E-state index contributed by atoms with van der Waals surface area (Å²) in [5, 5.41) is 5.34. The highest BCUT2D eigenvalue weighted by molar-refractivity contribution is 7.17. The van der Waals surface area contributed by atoms with Crippen molar-refractivity contribution in [2.75, 3.05) is 19.1 Å². The topological polar surface area (TPSA) is 82.0 Å². The molecule has 0 fully saturated rings. The smallest absolute Gasteiger partial charge is 0.350 e. The molecule has 0 aliphatic carbocycles. The zero-order valence-electron chi connectivity index (χ0n) is 17.3. The number of rotatable bonds is 9. The third-order valence-corrected chi connectivity index (χ3v) is 5.57. The van der Waals surface area contributed by atoms with E-state index in [1.54, 1.807) is 27.2 Å². The van der Waals surface area contributed by atoms with E-state index in [2.05, 4.69) is 15.5 Å². The monoisotopic (exact) mass is 459 g/mol. The number of halogens is 1. The Hall–Kier alpha value is -3.10. The molecule has 1 heterocycles. The Labute approximate surface area is 189 Å². The lowest BCUT2D eigenvalue weighted by molar-refractivity contribution is 0.0531. The summed E-state index contributed by atoms with van der Waals surface area (Å²) in [6.07, 6.45) is 1.63. The van der Waals surface area contributed by atoms with Gasteiger partial charge in [0.05, 0.1) is 25.6 Å². The predicted molar refractivity (Wildman–Crippen MR) is 123 cm³/mol. The molecule has 0 aliphatic rings. The number of carbonyl (C=O) groups is 1. The van der Waals surface area contributed by atoms with Crippen molar-refractivity contribution in [3.63, 3.8) is 0 Å². The summed E-state index contributed by atoms with van der Waals surface area (Å²) >= 11 is 7.37. The fourth-order valence-electron chi connectivity index (χ4n) is 2.65. The number of aromatic nitrogens is 1. The molecule has 0 radical (unpaired) electrons. The summed E-state index contributed by atoms with van der Waals surface area (Å²) in [5.41, 5.74) is 5.13. The highest BCUT2D eigenvalue weighted by Gasteiger charge is 2.16. The second-order valence-corrected chi connectivity index (χ2v) is 7.72. The van der Waals surface area contributed by atoms with Crippen LogP contribution in [0.15, 0.2) is 47.6 Å². The van der Waals surface area contributed by atoms with E-state index in [0.29, 0.717) is 45.4 Å². The minimum absolute atomic E-state index is 0.316. The van der Waals surface area contributed by atoms with E-state index in [4.69, 9.17) is 25.8 Å². The van der Waals surface area contributed by atoms with Crippen LogP contribution in [-0.4, -0.2) is 30.9 Å². The molecule has 1 aromatic heterocycles. The maximum absolute atomic E-state index is 11.9. The molecule has 1 N–H and O–H groups in total. The van der Waals surface area contributed by atoms with Crippen molar-refractivity contribution in [1.29, 1.82) is 0 Å². The van der Waals surface area contributed by atoms with Crippen LogP contribution in [0.5, 0.6) is 11.5 Å². The van der Waals surface area contributed by atoms with Gasteiger partial charge in [0.15, 0.2) is 11.5 Å². The van der Waals surface area contributed by atoms with Crippen molar-refractivity contribution in [1.82, 2.24) is 4.98 Å². The first-order chi connectivity index (χ1) is 15.0. The molecule has 0 bridgehead atoms. The SMILES string of the molecule is CCOC(=O)c1sc(NN=Cc2ccc(OCc3ccccc3Cl)c(OC)c2)nc1C. The van der Waals surface area contributed by atoms with Gasteiger partial charge in [-0.05, 0) is 43.7 Å². The maximum Gasteiger partial charge on any atom is 0.350 e. The number of ether oxygens (including phenoxy) is 3. The zero-order valence-corrected chi connectivity index (χ0v) is 18.9. The molecule has 2 aromatic carbocycles. The van der Waals surface area contributed by atoms with E-state index in [1.807, 2.05) is 42.5 Å². The molecule has 7 nitrogen and oxygen atoms in total. The molecule has 0 aliphatic heterocycles. The Morgan fingerprint density at radius 1 is 1.26 bits per heavy atom. The van der Waals surface area contributed by atoms with Crippen LogP contribution < -0.4 is 14.9 Å². The van der Waals surface area contributed by atoms with Crippen LogP contribution in [0.3, 0.4) is 0 Å². The van der Waals surface area contributed by atoms with Crippen LogP contribution in [-0.2, 0) is 11.3 Å². The number of aryl methyl sites for hydroxylation is 1. The van der Waals surface area contributed by atoms with Crippen LogP contribution in [0.25, 0.3) is 0 Å². The molecule has 0 amide bonds. The molecule has 3 aromatic rings. The van der Waals surface area contributed by atoms with Crippen LogP contribution in [0.4, 0.5) is 5.13 Å². The van der Waals surface area contributed by atoms with Crippen molar-refractivity contribution < 1.29 is 19.0 Å². The molecule has 0 atom stereocenters. The van der Waals surface area contributed by atoms with Crippen molar-refractivity contribution in [3.8, 4) is 11.5 Å². The third kappa shape index (κ3) is 5.96. The summed E-state index contributed by atoms with van der Waals surface area (Å²) < 4.78 is 16.3. The number of hydrogen-bond acceptors (Lipinski definition) is 8. The van der Waals surface area contributed by atoms with Gasteiger partial charge in [0.25, 0.3) is 0 Å². The first kappa shape index (κ1) is 22.6. The summed E-state index contributed by atoms with van der Waals surface area (Å²) in [6.45, 7) is 4.16. The molecule has 9 heteroatoms. The average molecular weight is 460 g/mol. The van der Waals surface area contributed by atoms with Gasteiger partial charge in [-0.1, -0.05) is 41.1 Å². The second kappa shape index (κ2) is 10.8. The fraction of sp³-hybridized carbons (Fsp3) is 0.227. The van der Waals surface area contributed by atoms with E-state index in [9.17, 15) is 4.79 Å². The third-order valence-electron chi connectivity index (χ3n) is 4.16. The molecule has 0 spiro atoms. The van der Waals surface area contributed by atoms with Gasteiger partial charge in [0, 0.05) is 10.6 Å². The largest absolute Gasteiger partial charge is 0.493 e. The van der Waals surface area contributed by atoms with Gasteiger partial charge in [-0.3, -0.25) is 5.43 Å². The first-order valence-corrected chi connectivity index (χ1v) is 10.7. The Balaban J connectivity index is 1.64. The molecule has 0 saturated carbocycles. The summed E-state index contributed by atoms with van der Waals surface area (Å²) in [7, 11) is 1.58. The van der Waals surface area contributed by atoms with E-state index in [0.717, 1.165) is 11.1 Å². The maximum atomic E-state index is 11.9. The van der Waals surface area contributed by atoms with Crippen LogP contribution in [0.1, 0.15) is 33.4 Å². The molecule has 0 unspecified atom stereocenters. The summed E-state index contributed by atoms with van der Waals surface area (Å²) in [5.74, 6) is 0.791. The molecular formula is C22H22ClN3O4S. The number of hydrazone groups is 1. The van der Waals surface area contributed by atoms with Crippen molar-refractivity contribution in [2.45, 2.75) is 20.5 Å². The van der Waals surface area contributed by atoms with Gasteiger partial charge in [-0.2, -0.15) is 5.10 Å². The van der Waals surface area contributed by atoms with Crippen LogP contribution in [0, 0.1) is 6.92 Å². The second-order valence-electron chi connectivity index (χ2n) is 6.31. The lowest BCUT2D eigenvalue weighted by Crippen LogP contribution is -2.03. The number of carbonyl (C=O) groups excluding carboxylic acids is 1. The number of esters is 1. The molecule has 0 saturated heterocycles. The Morgan fingerprint density at radius 2 is 2.06 bits per heavy atom. The quantitative estimate of drug-likeness (QED) is 0.265. The van der Waals surface area contributed by atoms with Crippen molar-refractivity contribution >= 4 is 40.3 Å². The van der Waals surface area contributed by atoms with Crippen molar-refractivity contribution in [3.05, 3.63) is 69.2 Å². The molecule has 31 heavy (non-hydrogen) atoms. The lowest BCUT2D eigenvalue weighted by Gasteiger charge is -2.12. The van der Waals surface area contributed by atoms with E-state index in [-0.39, 0.29) is 5.97 Å². The van der Waals surface area contributed by atoms with Gasteiger partial charge >= 0.3 is 5.97 Å². The molecule has 162 valence electrons. The van der Waals surface area contributed by atoms with Gasteiger partial charge in [-0.25, -0.2) is 9.78 Å². The Kier molecular flexibility index (Phi) is 7.86. The van der Waals surface area contributed by atoms with Gasteiger partial charge < -0.3 is 14.2 Å². The normalized spacial score (nSPS) is 10.8. The number of hydrogen-bond donors (Lipinski definition) is 1. The predicted octanol–water partition coefficient (Wildman–Crippen LogP) is 5.32. The van der Waals surface area contributed by atoms with Crippen molar-refractivity contribution in [2.24, 2.45) is 5.10 Å². The number of methoxy groups -OCH3 is 1. The number of benzene rings is 2. The summed E-state index contributed by atoms with van der Waals surface area (Å²) in [6, 6.07) is 13.0. The molecule has 3 rings (SSSR count). The van der Waals surface area contributed by atoms with E-state index in [1.165, 1.54) is 11.3 Å². The average Bonchev–Trinajstić information content (AvgIpc) is 3.14. The minimum atomic E-state index is -0.383. The van der Waals surface area contributed by atoms with Crippen LogP contribution >= 0.6 is 22.9 Å². The van der Waals surface area contributed by atoms with Gasteiger partial charge in [-0.15, -0.1) is 0 Å². The van der Waals surface area contributed by atoms with E-state index >= 15 is 0 Å². The Bertz CT molecular complexity index is 1080. The number of nitrogens with zero attached hydrogens (tertiary/aromatic N) is 2. The fourth-order valence-corrected chi connectivity index (χ4v) is 3.65. The first-order valence-electron chi connectivity index (χ1n) is 9.49. The standard InChI is InChI=1S/C22H22ClN3O4S/c1-4-29-21(27)20-14(2)25-22(31-20)26-24-12-15-9-10-18(19(11-15)28-3)30-13-16-7-5-6-8-17(16)23/h5-12H,4,13H2,1-3H3,(H,25,26). The summed E-state index contributed by atoms with van der Waals surface area (Å²) in [4.78, 5) is 16.6. The zero-order chi connectivity index (χ0) is 22.2. The highest BCUT2D eigenvalue weighted by Crippen LogP contribution is 2.29. The van der Waals surface area contributed by atoms with Crippen LogP contribution in [0.2, 0.25) is 5.02 Å². The highest BCUT2D eigenvalue weighted by atomic mass is 35.5. The van der Waals surface area contributed by atoms with Gasteiger partial charge in [0.1, 0.15) is 11.5 Å².